The van der Waals surface area contributed by atoms with E-state index < -0.39 is 0 Å². The molecule has 2 aromatic rings. The van der Waals surface area contributed by atoms with Crippen LogP contribution in [0.2, 0.25) is 0 Å². The van der Waals surface area contributed by atoms with Crippen LogP contribution >= 0.6 is 0 Å². The molecule has 26 heavy (non-hydrogen) atoms. The van der Waals surface area contributed by atoms with Crippen LogP contribution in [0.25, 0.3) is 0 Å². The molecule has 1 atom stereocenters. The average Bonchev–Trinajstić information content (AvgIpc) is 3.15. The molecule has 1 aromatic carbocycles. The number of benzene rings is 1. The van der Waals surface area contributed by atoms with Crippen molar-refractivity contribution in [3.05, 3.63) is 59.4 Å². The molecule has 1 aromatic heterocycles. The minimum atomic E-state index is 0.00434. The summed E-state index contributed by atoms with van der Waals surface area (Å²) in [5.41, 5.74) is 3.79. The quantitative estimate of drug-likeness (QED) is 0.799. The van der Waals surface area contributed by atoms with Crippen molar-refractivity contribution < 1.29 is 9.53 Å². The lowest BCUT2D eigenvalue weighted by atomic mass is 10.1. The zero-order chi connectivity index (χ0) is 18.5. The minimum Gasteiger partial charge on any atom is -0.378 e. The zero-order valence-electron chi connectivity index (χ0n) is 15.8. The number of carbonyl (C=O) groups is 1. The predicted octanol–water partition coefficient (Wildman–Crippen LogP) is 3.28. The summed E-state index contributed by atoms with van der Waals surface area (Å²) in [4.78, 5) is 21.3. The van der Waals surface area contributed by atoms with E-state index in [0.29, 0.717) is 18.7 Å². The normalized spacial score (nSPS) is 16.5. The summed E-state index contributed by atoms with van der Waals surface area (Å²) in [6.07, 6.45) is 3.86. The molecule has 1 fully saturated rings. The van der Waals surface area contributed by atoms with E-state index in [1.807, 2.05) is 38.1 Å². The molecule has 1 saturated heterocycles. The molecule has 5 nitrogen and oxygen atoms in total. The summed E-state index contributed by atoms with van der Waals surface area (Å²) in [6, 6.07) is 12.1. The van der Waals surface area contributed by atoms with Crippen molar-refractivity contribution in [2.75, 3.05) is 32.1 Å². The predicted molar refractivity (Wildman–Crippen MR) is 103 cm³/mol. The lowest BCUT2D eigenvalue weighted by Crippen LogP contribution is -2.37. The molecule has 1 aliphatic rings. The van der Waals surface area contributed by atoms with Gasteiger partial charge in [-0.25, -0.2) is 0 Å². The highest BCUT2D eigenvalue weighted by Gasteiger charge is 2.24. The fourth-order valence-electron chi connectivity index (χ4n) is 3.15. The number of nitrogens with zero attached hydrogens (tertiary/aromatic N) is 3. The number of anilines is 1. The van der Waals surface area contributed by atoms with Gasteiger partial charge in [-0.1, -0.05) is 12.1 Å². The van der Waals surface area contributed by atoms with Crippen molar-refractivity contribution in [3.63, 3.8) is 0 Å². The van der Waals surface area contributed by atoms with E-state index in [1.54, 1.807) is 6.20 Å². The van der Waals surface area contributed by atoms with Crippen molar-refractivity contribution in [2.24, 2.45) is 0 Å². The Kier molecular flexibility index (Phi) is 5.89. The molecule has 0 unspecified atom stereocenters. The number of rotatable bonds is 6. The Bertz CT molecular complexity index is 720. The van der Waals surface area contributed by atoms with E-state index >= 15 is 0 Å². The highest BCUT2D eigenvalue weighted by atomic mass is 16.5. The molecule has 0 N–H and O–H groups in total. The van der Waals surface area contributed by atoms with Gasteiger partial charge in [-0.2, -0.15) is 0 Å². The second-order valence-corrected chi connectivity index (χ2v) is 7.07. The van der Waals surface area contributed by atoms with E-state index in [0.717, 1.165) is 36.4 Å². The van der Waals surface area contributed by atoms with E-state index in [2.05, 4.69) is 34.1 Å². The van der Waals surface area contributed by atoms with Crippen molar-refractivity contribution in [2.45, 2.75) is 32.4 Å². The number of ether oxygens (including phenoxy) is 1. The molecule has 2 heterocycles. The molecular weight excluding hydrogens is 326 g/mol. The lowest BCUT2D eigenvalue weighted by Gasteiger charge is -2.26. The van der Waals surface area contributed by atoms with E-state index in [4.69, 9.17) is 4.74 Å². The Labute approximate surface area is 155 Å². The summed E-state index contributed by atoms with van der Waals surface area (Å²) < 4.78 is 5.76. The Morgan fingerprint density at radius 2 is 1.96 bits per heavy atom. The summed E-state index contributed by atoms with van der Waals surface area (Å²) in [5, 5.41) is 0. The van der Waals surface area contributed by atoms with Gasteiger partial charge in [-0.3, -0.25) is 9.78 Å². The van der Waals surface area contributed by atoms with Gasteiger partial charge in [-0.15, -0.1) is 0 Å². The Balaban J connectivity index is 1.77. The number of aromatic nitrogens is 1. The van der Waals surface area contributed by atoms with Crippen LogP contribution in [-0.2, 0) is 11.3 Å². The molecule has 0 spiro atoms. The minimum absolute atomic E-state index is 0.00434. The van der Waals surface area contributed by atoms with Crippen LogP contribution < -0.4 is 4.90 Å². The molecule has 0 radical (unpaired) electrons. The average molecular weight is 353 g/mol. The number of hydrogen-bond donors (Lipinski definition) is 0. The van der Waals surface area contributed by atoms with Crippen LogP contribution in [0, 0.1) is 6.92 Å². The second kappa shape index (κ2) is 8.32. The van der Waals surface area contributed by atoms with Gasteiger partial charge < -0.3 is 14.5 Å². The fourth-order valence-corrected chi connectivity index (χ4v) is 3.15. The van der Waals surface area contributed by atoms with E-state index in [1.165, 1.54) is 0 Å². The number of amides is 1. The third-order valence-corrected chi connectivity index (χ3v) is 4.72. The van der Waals surface area contributed by atoms with Gasteiger partial charge in [-0.05, 0) is 49.6 Å². The molecule has 5 heteroatoms. The van der Waals surface area contributed by atoms with Crippen molar-refractivity contribution in [1.82, 2.24) is 9.88 Å². The van der Waals surface area contributed by atoms with Crippen LogP contribution in [0.5, 0.6) is 0 Å². The monoisotopic (exact) mass is 353 g/mol. The largest absolute Gasteiger partial charge is 0.378 e. The van der Waals surface area contributed by atoms with Gasteiger partial charge in [0.2, 0.25) is 0 Å². The van der Waals surface area contributed by atoms with Crippen LogP contribution in [0.4, 0.5) is 5.69 Å². The van der Waals surface area contributed by atoms with Gasteiger partial charge >= 0.3 is 0 Å². The molecule has 1 aliphatic heterocycles. The molecule has 0 bridgehead atoms. The maximum atomic E-state index is 13.0. The zero-order valence-corrected chi connectivity index (χ0v) is 15.8. The maximum absolute atomic E-state index is 13.0. The first-order valence-electron chi connectivity index (χ1n) is 9.13. The molecule has 0 aliphatic carbocycles. The molecule has 1 amide bonds. The summed E-state index contributed by atoms with van der Waals surface area (Å²) in [6.45, 7) is 3.89. The van der Waals surface area contributed by atoms with E-state index in [9.17, 15) is 4.79 Å². The number of hydrogen-bond acceptors (Lipinski definition) is 4. The topological polar surface area (TPSA) is 45.7 Å². The highest BCUT2D eigenvalue weighted by molar-refractivity contribution is 5.93. The van der Waals surface area contributed by atoms with E-state index in [-0.39, 0.29) is 12.0 Å². The van der Waals surface area contributed by atoms with Crippen LogP contribution in [-0.4, -0.2) is 49.1 Å². The number of carbonyl (C=O) groups excluding carboxylic acids is 1. The van der Waals surface area contributed by atoms with Crippen LogP contribution in [0.15, 0.2) is 42.6 Å². The molecule has 3 rings (SSSR count). The summed E-state index contributed by atoms with van der Waals surface area (Å²) in [7, 11) is 4.04. The van der Waals surface area contributed by atoms with Crippen molar-refractivity contribution in [3.8, 4) is 0 Å². The molecule has 138 valence electrons. The molecule has 0 saturated carbocycles. The van der Waals surface area contributed by atoms with Crippen LogP contribution in [0.3, 0.4) is 0 Å². The third kappa shape index (κ3) is 4.61. The van der Waals surface area contributed by atoms with Crippen LogP contribution in [0.1, 0.15) is 34.5 Å². The first-order valence-corrected chi connectivity index (χ1v) is 9.13. The number of pyridine rings is 1. The second-order valence-electron chi connectivity index (χ2n) is 7.07. The standard InChI is InChI=1S/C21H27N3O2/c1-16-6-9-18(13-22-16)21(25)24(15-20-5-4-12-26-20)14-17-7-10-19(11-8-17)23(2)3/h6-11,13,20H,4-5,12,14-15H2,1-3H3/t20-/m0/s1. The smallest absolute Gasteiger partial charge is 0.255 e. The van der Waals surface area contributed by atoms with Gasteiger partial charge in [0.25, 0.3) is 5.91 Å². The third-order valence-electron chi connectivity index (χ3n) is 4.72. The first kappa shape index (κ1) is 18.4. The fraction of sp³-hybridized carbons (Fsp3) is 0.429. The lowest BCUT2D eigenvalue weighted by molar-refractivity contribution is 0.0507. The van der Waals surface area contributed by atoms with Gasteiger partial charge in [0.1, 0.15) is 0 Å². The number of aryl methyl sites for hydroxylation is 1. The maximum Gasteiger partial charge on any atom is 0.255 e. The Hall–Kier alpha value is -2.40. The Morgan fingerprint density at radius 1 is 1.19 bits per heavy atom. The van der Waals surface area contributed by atoms with Crippen molar-refractivity contribution in [1.29, 1.82) is 0 Å². The highest BCUT2D eigenvalue weighted by Crippen LogP contribution is 2.19. The summed E-state index contributed by atoms with van der Waals surface area (Å²) >= 11 is 0. The Morgan fingerprint density at radius 3 is 2.54 bits per heavy atom. The van der Waals surface area contributed by atoms with Gasteiger partial charge in [0.15, 0.2) is 0 Å². The molecular formula is C21H27N3O2. The first-order chi connectivity index (χ1) is 12.5. The van der Waals surface area contributed by atoms with Crippen molar-refractivity contribution >= 4 is 11.6 Å². The van der Waals surface area contributed by atoms with Gasteiger partial charge in [0, 0.05) is 51.4 Å². The summed E-state index contributed by atoms with van der Waals surface area (Å²) in [5.74, 6) is 0.00434. The van der Waals surface area contributed by atoms with Gasteiger partial charge in [0.05, 0.1) is 11.7 Å². The SMILES string of the molecule is Cc1ccc(C(=O)N(Cc2ccc(N(C)C)cc2)C[C@@H]2CCCO2)cn1.